The summed E-state index contributed by atoms with van der Waals surface area (Å²) in [7, 11) is 1.73. The van der Waals surface area contributed by atoms with Crippen molar-refractivity contribution in [1.82, 2.24) is 9.88 Å². The summed E-state index contributed by atoms with van der Waals surface area (Å²) in [6, 6.07) is 12.4. The maximum atomic E-state index is 5.54. The van der Waals surface area contributed by atoms with E-state index in [-0.39, 0.29) is 0 Å². The number of ether oxygens (including phenoxy) is 2. The first kappa shape index (κ1) is 16.0. The van der Waals surface area contributed by atoms with Crippen LogP contribution in [0.5, 0.6) is 5.75 Å². The van der Waals surface area contributed by atoms with E-state index in [1.165, 1.54) is 11.1 Å². The monoisotopic (exact) mass is 312 g/mol. The third-order valence-electron chi connectivity index (χ3n) is 4.26. The lowest BCUT2D eigenvalue weighted by Crippen LogP contribution is -2.29. The molecule has 1 atom stereocenters. The Labute approximate surface area is 138 Å². The highest BCUT2D eigenvalue weighted by Crippen LogP contribution is 2.22. The van der Waals surface area contributed by atoms with Crippen LogP contribution in [0.4, 0.5) is 0 Å². The summed E-state index contributed by atoms with van der Waals surface area (Å²) in [5.74, 6) is 1.56. The molecular formula is C19H24N2O2. The average Bonchev–Trinajstić information content (AvgIpc) is 3.09. The van der Waals surface area contributed by atoms with Gasteiger partial charge in [-0.05, 0) is 30.0 Å². The van der Waals surface area contributed by atoms with Gasteiger partial charge >= 0.3 is 0 Å². The molecule has 0 radical (unpaired) electrons. The van der Waals surface area contributed by atoms with Gasteiger partial charge in [0.15, 0.2) is 0 Å². The van der Waals surface area contributed by atoms with E-state index in [4.69, 9.17) is 9.47 Å². The molecule has 4 heteroatoms. The molecule has 23 heavy (non-hydrogen) atoms. The number of hydrogen-bond donors (Lipinski definition) is 0. The minimum atomic E-state index is 0.612. The number of methoxy groups -OCH3 is 1. The predicted octanol–water partition coefficient (Wildman–Crippen LogP) is 3.13. The standard InChI is InChI=1S/C19H24N2O2/c1-22-19-7-3-2-6-18(19)14-21(13-17-8-10-23-15-17)12-16-5-4-9-20-11-16/h2-7,9,11,17H,8,10,12-15H2,1H3/t17-/m0/s1. The van der Waals surface area contributed by atoms with Gasteiger partial charge in [-0.1, -0.05) is 24.3 Å². The molecule has 2 heterocycles. The molecule has 0 unspecified atom stereocenters. The molecule has 4 nitrogen and oxygen atoms in total. The van der Waals surface area contributed by atoms with Crippen molar-refractivity contribution >= 4 is 0 Å². The highest BCUT2D eigenvalue weighted by molar-refractivity contribution is 5.33. The number of para-hydroxylation sites is 1. The van der Waals surface area contributed by atoms with Crippen LogP contribution in [0.15, 0.2) is 48.8 Å². The fourth-order valence-electron chi connectivity index (χ4n) is 3.10. The number of hydrogen-bond acceptors (Lipinski definition) is 4. The van der Waals surface area contributed by atoms with Gasteiger partial charge in [-0.2, -0.15) is 0 Å². The van der Waals surface area contributed by atoms with Crippen molar-refractivity contribution < 1.29 is 9.47 Å². The zero-order valence-electron chi connectivity index (χ0n) is 13.6. The number of aromatic nitrogens is 1. The molecule has 2 aromatic rings. The van der Waals surface area contributed by atoms with Crippen LogP contribution in [0.1, 0.15) is 17.5 Å². The molecule has 1 fully saturated rings. The van der Waals surface area contributed by atoms with Crippen molar-refractivity contribution in [1.29, 1.82) is 0 Å². The van der Waals surface area contributed by atoms with Crippen LogP contribution >= 0.6 is 0 Å². The van der Waals surface area contributed by atoms with Crippen molar-refractivity contribution in [3.63, 3.8) is 0 Å². The third kappa shape index (κ3) is 4.53. The summed E-state index contributed by atoms with van der Waals surface area (Å²) < 4.78 is 11.0. The number of rotatable bonds is 7. The molecule has 1 aromatic carbocycles. The van der Waals surface area contributed by atoms with Gasteiger partial charge in [0.25, 0.3) is 0 Å². The lowest BCUT2D eigenvalue weighted by molar-refractivity contribution is 0.161. The highest BCUT2D eigenvalue weighted by Gasteiger charge is 2.20. The SMILES string of the molecule is COc1ccccc1CN(Cc1cccnc1)C[C@@H]1CCOC1. The molecule has 0 amide bonds. The van der Waals surface area contributed by atoms with Gasteiger partial charge in [0.05, 0.1) is 13.7 Å². The van der Waals surface area contributed by atoms with Crippen LogP contribution in [0.25, 0.3) is 0 Å². The van der Waals surface area contributed by atoms with Gasteiger partial charge in [0.1, 0.15) is 5.75 Å². The van der Waals surface area contributed by atoms with Crippen LogP contribution in [0.3, 0.4) is 0 Å². The summed E-state index contributed by atoms with van der Waals surface area (Å²) >= 11 is 0. The van der Waals surface area contributed by atoms with Gasteiger partial charge in [0.2, 0.25) is 0 Å². The molecule has 1 aromatic heterocycles. The zero-order valence-corrected chi connectivity index (χ0v) is 13.6. The first-order valence-corrected chi connectivity index (χ1v) is 8.16. The molecule has 1 aliphatic rings. The molecule has 3 rings (SSSR count). The minimum Gasteiger partial charge on any atom is -0.496 e. The van der Waals surface area contributed by atoms with Crippen LogP contribution in [-0.2, 0) is 17.8 Å². The molecular weight excluding hydrogens is 288 g/mol. The van der Waals surface area contributed by atoms with Gasteiger partial charge in [0, 0.05) is 44.2 Å². The first-order valence-electron chi connectivity index (χ1n) is 8.16. The van der Waals surface area contributed by atoms with E-state index in [1.807, 2.05) is 30.6 Å². The fourth-order valence-corrected chi connectivity index (χ4v) is 3.10. The number of benzene rings is 1. The summed E-state index contributed by atoms with van der Waals surface area (Å²) in [5, 5.41) is 0. The van der Waals surface area contributed by atoms with Crippen LogP contribution in [-0.4, -0.2) is 36.8 Å². The first-order chi connectivity index (χ1) is 11.3. The largest absolute Gasteiger partial charge is 0.496 e. The number of nitrogens with zero attached hydrogens (tertiary/aromatic N) is 2. The lowest BCUT2D eigenvalue weighted by atomic mass is 10.1. The topological polar surface area (TPSA) is 34.6 Å². The Morgan fingerprint density at radius 2 is 2.13 bits per heavy atom. The van der Waals surface area contributed by atoms with E-state index in [0.717, 1.165) is 45.0 Å². The molecule has 1 aliphatic heterocycles. The van der Waals surface area contributed by atoms with E-state index < -0.39 is 0 Å². The lowest BCUT2D eigenvalue weighted by Gasteiger charge is -2.25. The maximum absolute atomic E-state index is 5.54. The Bertz CT molecular complexity index is 597. The summed E-state index contributed by atoms with van der Waals surface area (Å²) in [6.45, 7) is 4.56. The van der Waals surface area contributed by atoms with Crippen molar-refractivity contribution in [2.45, 2.75) is 19.5 Å². The Hall–Kier alpha value is -1.91. The number of pyridine rings is 1. The van der Waals surface area contributed by atoms with Crippen molar-refractivity contribution in [3.05, 3.63) is 59.9 Å². The van der Waals surface area contributed by atoms with Crippen LogP contribution < -0.4 is 4.74 Å². The van der Waals surface area contributed by atoms with Crippen molar-refractivity contribution in [2.75, 3.05) is 26.9 Å². The molecule has 1 saturated heterocycles. The van der Waals surface area contributed by atoms with Gasteiger partial charge in [-0.15, -0.1) is 0 Å². The molecule has 0 N–H and O–H groups in total. The molecule has 0 spiro atoms. The third-order valence-corrected chi connectivity index (χ3v) is 4.26. The zero-order chi connectivity index (χ0) is 15.9. The van der Waals surface area contributed by atoms with E-state index in [9.17, 15) is 0 Å². The smallest absolute Gasteiger partial charge is 0.123 e. The Morgan fingerprint density at radius 1 is 1.22 bits per heavy atom. The molecule has 122 valence electrons. The van der Waals surface area contributed by atoms with Gasteiger partial charge in [-0.25, -0.2) is 0 Å². The van der Waals surface area contributed by atoms with Gasteiger partial charge in [-0.3, -0.25) is 9.88 Å². The fraction of sp³-hybridized carbons (Fsp3) is 0.421. The summed E-state index contributed by atoms with van der Waals surface area (Å²) in [5.41, 5.74) is 2.46. The van der Waals surface area contributed by atoms with Gasteiger partial charge < -0.3 is 9.47 Å². The normalized spacial score (nSPS) is 17.6. The van der Waals surface area contributed by atoms with Crippen molar-refractivity contribution in [3.8, 4) is 5.75 Å². The van der Waals surface area contributed by atoms with E-state index in [0.29, 0.717) is 5.92 Å². The second-order valence-electron chi connectivity index (χ2n) is 6.07. The maximum Gasteiger partial charge on any atom is 0.123 e. The van der Waals surface area contributed by atoms with Crippen LogP contribution in [0.2, 0.25) is 0 Å². The molecule has 0 saturated carbocycles. The van der Waals surface area contributed by atoms with E-state index >= 15 is 0 Å². The predicted molar refractivity (Wildman–Crippen MR) is 90.3 cm³/mol. The second-order valence-corrected chi connectivity index (χ2v) is 6.07. The quantitative estimate of drug-likeness (QED) is 0.787. The summed E-state index contributed by atoms with van der Waals surface area (Å²) in [6.07, 6.45) is 4.91. The second kappa shape index (κ2) is 8.09. The Kier molecular flexibility index (Phi) is 5.61. The Morgan fingerprint density at radius 3 is 2.87 bits per heavy atom. The Balaban J connectivity index is 1.73. The molecule has 0 bridgehead atoms. The minimum absolute atomic E-state index is 0.612. The van der Waals surface area contributed by atoms with E-state index in [1.54, 1.807) is 7.11 Å². The molecule has 0 aliphatic carbocycles. The van der Waals surface area contributed by atoms with E-state index in [2.05, 4.69) is 28.1 Å². The highest BCUT2D eigenvalue weighted by atomic mass is 16.5. The average molecular weight is 312 g/mol. The van der Waals surface area contributed by atoms with Crippen molar-refractivity contribution in [2.24, 2.45) is 5.92 Å². The summed E-state index contributed by atoms with van der Waals surface area (Å²) in [4.78, 5) is 6.70. The van der Waals surface area contributed by atoms with Crippen LogP contribution in [0, 0.1) is 5.92 Å².